The highest BCUT2D eigenvalue weighted by Crippen LogP contribution is 2.24. The fraction of sp³-hybridized carbons (Fsp3) is 0.412. The maximum Gasteiger partial charge on any atom is 0.257 e. The van der Waals surface area contributed by atoms with Gasteiger partial charge in [0.2, 0.25) is 0 Å². The molecule has 1 saturated heterocycles. The SMILES string of the molecule is CCCN(C(=O)c1cnn(-c2ccc(Cl)cc2Cl)c1)C1CCNC1.Cl. The van der Waals surface area contributed by atoms with E-state index in [4.69, 9.17) is 23.2 Å². The van der Waals surface area contributed by atoms with Crippen molar-refractivity contribution in [3.05, 3.63) is 46.2 Å². The maximum absolute atomic E-state index is 12.9. The van der Waals surface area contributed by atoms with Crippen molar-refractivity contribution >= 4 is 41.5 Å². The zero-order chi connectivity index (χ0) is 17.1. The Morgan fingerprint density at radius 1 is 1.44 bits per heavy atom. The molecular formula is C17H21Cl3N4O. The monoisotopic (exact) mass is 402 g/mol. The topological polar surface area (TPSA) is 50.2 Å². The molecule has 25 heavy (non-hydrogen) atoms. The van der Waals surface area contributed by atoms with E-state index in [1.54, 1.807) is 35.3 Å². The first-order chi connectivity index (χ1) is 11.6. The molecule has 1 amide bonds. The smallest absolute Gasteiger partial charge is 0.257 e. The van der Waals surface area contributed by atoms with Crippen molar-refractivity contribution in [3.63, 3.8) is 0 Å². The van der Waals surface area contributed by atoms with Crippen LogP contribution in [0.15, 0.2) is 30.6 Å². The van der Waals surface area contributed by atoms with E-state index >= 15 is 0 Å². The molecule has 1 N–H and O–H groups in total. The van der Waals surface area contributed by atoms with Crippen LogP contribution < -0.4 is 5.32 Å². The van der Waals surface area contributed by atoms with Gasteiger partial charge in [0.1, 0.15) is 0 Å². The summed E-state index contributed by atoms with van der Waals surface area (Å²) in [4.78, 5) is 14.8. The Kier molecular flexibility index (Phi) is 7.14. The number of benzene rings is 1. The number of rotatable bonds is 5. The zero-order valence-corrected chi connectivity index (χ0v) is 16.2. The normalized spacial score (nSPS) is 16.5. The molecular weight excluding hydrogens is 383 g/mol. The maximum atomic E-state index is 12.9. The van der Waals surface area contributed by atoms with Gasteiger partial charge in [-0.3, -0.25) is 4.79 Å². The minimum atomic E-state index is 0. The first-order valence-corrected chi connectivity index (χ1v) is 8.87. The molecule has 0 aliphatic carbocycles. The molecule has 1 unspecified atom stereocenters. The molecule has 0 bridgehead atoms. The van der Waals surface area contributed by atoms with Crippen LogP contribution in [0.2, 0.25) is 10.0 Å². The number of hydrogen-bond donors (Lipinski definition) is 1. The van der Waals surface area contributed by atoms with Crippen LogP contribution in [0.5, 0.6) is 0 Å². The number of hydrogen-bond acceptors (Lipinski definition) is 3. The van der Waals surface area contributed by atoms with Crippen LogP contribution in [0.3, 0.4) is 0 Å². The first-order valence-electron chi connectivity index (χ1n) is 8.12. The van der Waals surface area contributed by atoms with Gasteiger partial charge in [0.05, 0.1) is 22.5 Å². The van der Waals surface area contributed by atoms with Gasteiger partial charge in [0.25, 0.3) is 5.91 Å². The van der Waals surface area contributed by atoms with Gasteiger partial charge < -0.3 is 10.2 Å². The molecule has 1 aliphatic rings. The summed E-state index contributed by atoms with van der Waals surface area (Å²) in [6.45, 7) is 4.64. The van der Waals surface area contributed by atoms with Crippen molar-refractivity contribution in [1.82, 2.24) is 20.0 Å². The van der Waals surface area contributed by atoms with Crippen molar-refractivity contribution in [2.24, 2.45) is 0 Å². The van der Waals surface area contributed by atoms with Gasteiger partial charge in [-0.2, -0.15) is 5.10 Å². The van der Waals surface area contributed by atoms with Crippen LogP contribution in [-0.4, -0.2) is 46.3 Å². The lowest BCUT2D eigenvalue weighted by atomic mass is 10.1. The lowest BCUT2D eigenvalue weighted by Crippen LogP contribution is -2.42. The molecule has 2 heterocycles. The number of aromatic nitrogens is 2. The Hall–Kier alpha value is -1.27. The second-order valence-electron chi connectivity index (χ2n) is 5.91. The Balaban J connectivity index is 0.00000225. The van der Waals surface area contributed by atoms with Gasteiger partial charge in [-0.25, -0.2) is 4.68 Å². The molecule has 1 aromatic carbocycles. The molecule has 1 aliphatic heterocycles. The molecule has 1 atom stereocenters. The van der Waals surface area contributed by atoms with E-state index in [0.29, 0.717) is 21.3 Å². The number of nitrogens with zero attached hydrogens (tertiary/aromatic N) is 3. The Bertz CT molecular complexity index is 728. The quantitative estimate of drug-likeness (QED) is 0.826. The summed E-state index contributed by atoms with van der Waals surface area (Å²) in [5, 5.41) is 8.67. The van der Waals surface area contributed by atoms with Crippen molar-refractivity contribution in [2.45, 2.75) is 25.8 Å². The Morgan fingerprint density at radius 3 is 2.88 bits per heavy atom. The molecule has 0 spiro atoms. The van der Waals surface area contributed by atoms with Crippen molar-refractivity contribution in [2.75, 3.05) is 19.6 Å². The van der Waals surface area contributed by atoms with E-state index < -0.39 is 0 Å². The van der Waals surface area contributed by atoms with Gasteiger partial charge in [0, 0.05) is 30.4 Å². The van der Waals surface area contributed by atoms with Crippen LogP contribution in [0.4, 0.5) is 0 Å². The second-order valence-corrected chi connectivity index (χ2v) is 6.76. The summed E-state index contributed by atoms with van der Waals surface area (Å²) in [6.07, 6.45) is 5.24. The summed E-state index contributed by atoms with van der Waals surface area (Å²) in [6, 6.07) is 5.45. The summed E-state index contributed by atoms with van der Waals surface area (Å²) in [5.74, 6) is 0.0156. The number of halogens is 3. The average molecular weight is 404 g/mol. The van der Waals surface area contributed by atoms with Crippen LogP contribution in [-0.2, 0) is 0 Å². The fourth-order valence-corrected chi connectivity index (χ4v) is 3.49. The highest BCUT2D eigenvalue weighted by atomic mass is 35.5. The van der Waals surface area contributed by atoms with Gasteiger partial charge >= 0.3 is 0 Å². The largest absolute Gasteiger partial charge is 0.334 e. The fourth-order valence-electron chi connectivity index (χ4n) is 2.99. The van der Waals surface area contributed by atoms with E-state index in [-0.39, 0.29) is 24.4 Å². The minimum Gasteiger partial charge on any atom is -0.334 e. The third kappa shape index (κ3) is 4.47. The molecule has 2 aromatic rings. The molecule has 8 heteroatoms. The third-order valence-corrected chi connectivity index (χ3v) is 4.72. The Morgan fingerprint density at radius 2 is 2.24 bits per heavy atom. The van der Waals surface area contributed by atoms with E-state index in [9.17, 15) is 4.79 Å². The lowest BCUT2D eigenvalue weighted by Gasteiger charge is -2.27. The minimum absolute atomic E-state index is 0. The number of nitrogens with one attached hydrogen (secondary N) is 1. The van der Waals surface area contributed by atoms with Gasteiger partial charge in [0.15, 0.2) is 0 Å². The molecule has 136 valence electrons. The molecule has 5 nitrogen and oxygen atoms in total. The van der Waals surface area contributed by atoms with E-state index in [0.717, 1.165) is 32.5 Å². The number of carbonyl (C=O) groups is 1. The predicted molar refractivity (Wildman–Crippen MR) is 103 cm³/mol. The average Bonchev–Trinajstić information content (AvgIpc) is 3.23. The highest BCUT2D eigenvalue weighted by molar-refractivity contribution is 6.35. The molecule has 0 saturated carbocycles. The Labute approximate surface area is 163 Å². The summed E-state index contributed by atoms with van der Waals surface area (Å²) in [5.41, 5.74) is 1.27. The van der Waals surface area contributed by atoms with E-state index in [1.807, 2.05) is 4.90 Å². The van der Waals surface area contributed by atoms with Crippen molar-refractivity contribution in [3.8, 4) is 5.69 Å². The number of amides is 1. The summed E-state index contributed by atoms with van der Waals surface area (Å²) in [7, 11) is 0. The molecule has 1 aromatic heterocycles. The first kappa shape index (κ1) is 20.0. The van der Waals surface area contributed by atoms with Crippen LogP contribution >= 0.6 is 35.6 Å². The highest BCUT2D eigenvalue weighted by Gasteiger charge is 2.27. The summed E-state index contributed by atoms with van der Waals surface area (Å²) >= 11 is 12.1. The predicted octanol–water partition coefficient (Wildman–Crippen LogP) is 3.82. The zero-order valence-electron chi connectivity index (χ0n) is 13.9. The van der Waals surface area contributed by atoms with E-state index in [1.165, 1.54) is 0 Å². The third-order valence-electron chi connectivity index (χ3n) is 4.19. The number of carbonyl (C=O) groups excluding carboxylic acids is 1. The summed E-state index contributed by atoms with van der Waals surface area (Å²) < 4.78 is 1.61. The lowest BCUT2D eigenvalue weighted by molar-refractivity contribution is 0.0692. The van der Waals surface area contributed by atoms with Crippen molar-refractivity contribution in [1.29, 1.82) is 0 Å². The van der Waals surface area contributed by atoms with E-state index in [2.05, 4.69) is 17.3 Å². The molecule has 0 radical (unpaired) electrons. The second kappa shape index (κ2) is 8.90. The molecule has 1 fully saturated rings. The van der Waals surface area contributed by atoms with Crippen LogP contribution in [0, 0.1) is 0 Å². The van der Waals surface area contributed by atoms with Crippen LogP contribution in [0.25, 0.3) is 5.69 Å². The molecule has 3 rings (SSSR count). The van der Waals surface area contributed by atoms with Gasteiger partial charge in [-0.1, -0.05) is 30.1 Å². The van der Waals surface area contributed by atoms with Crippen LogP contribution in [0.1, 0.15) is 30.1 Å². The van der Waals surface area contributed by atoms with Crippen molar-refractivity contribution < 1.29 is 4.79 Å². The van der Waals surface area contributed by atoms with Gasteiger partial charge in [-0.15, -0.1) is 12.4 Å². The standard InChI is InChI=1S/C17H20Cl2N4O.ClH/c1-2-7-22(14-5-6-20-10-14)17(24)12-9-21-23(11-12)16-4-3-13(18)8-15(16)19;/h3-4,8-9,11,14,20H,2,5-7,10H2,1H3;1H. The van der Waals surface area contributed by atoms with Gasteiger partial charge in [-0.05, 0) is 37.6 Å².